The number of carbonyl (C=O) groups excluding carboxylic acids is 3. The fourth-order valence-electron chi connectivity index (χ4n) is 3.23. The van der Waals surface area contributed by atoms with E-state index in [1.165, 1.54) is 30.3 Å². The molecule has 13 heteroatoms. The second-order valence-corrected chi connectivity index (χ2v) is 11.2. The zero-order chi connectivity index (χ0) is 32.3. The minimum Gasteiger partial charge on any atom is -0.508 e. The van der Waals surface area contributed by atoms with Crippen molar-refractivity contribution in [2.75, 3.05) is 0 Å². The van der Waals surface area contributed by atoms with Gasteiger partial charge < -0.3 is 40.5 Å². The molecule has 42 heavy (non-hydrogen) atoms. The van der Waals surface area contributed by atoms with Crippen molar-refractivity contribution in [3.05, 3.63) is 59.2 Å². The summed E-state index contributed by atoms with van der Waals surface area (Å²) in [6.45, 7) is 10.1. The van der Waals surface area contributed by atoms with Gasteiger partial charge in [-0.2, -0.15) is 0 Å². The van der Waals surface area contributed by atoms with E-state index in [0.29, 0.717) is 17.4 Å². The lowest BCUT2D eigenvalue weighted by Gasteiger charge is -2.22. The molecule has 0 aromatic heterocycles. The summed E-state index contributed by atoms with van der Waals surface area (Å²) in [7, 11) is 0. The van der Waals surface area contributed by atoms with Crippen molar-refractivity contribution in [1.82, 2.24) is 10.6 Å². The number of aliphatic carboxylic acids is 2. The van der Waals surface area contributed by atoms with Gasteiger partial charge in [0, 0.05) is 12.8 Å². The molecule has 2 atom stereocenters. The van der Waals surface area contributed by atoms with Crippen LogP contribution < -0.4 is 10.6 Å². The molecule has 0 saturated heterocycles. The first-order valence-corrected chi connectivity index (χ1v) is 12.8. The molecule has 0 bridgehead atoms. The first kappa shape index (κ1) is 35.2. The summed E-state index contributed by atoms with van der Waals surface area (Å²) in [5.41, 5.74) is -0.198. The average molecular weight is 591 g/mol. The molecule has 0 aliphatic heterocycles. The second kappa shape index (κ2) is 15.3. The van der Waals surface area contributed by atoms with Gasteiger partial charge in [-0.3, -0.25) is 4.79 Å². The van der Waals surface area contributed by atoms with Crippen LogP contribution in [0, 0.1) is 0 Å². The molecule has 2 aromatic rings. The molecular weight excluding hydrogens is 552 g/mol. The number of aldehydes is 1. The minimum absolute atomic E-state index is 0.0459. The molecule has 0 heterocycles. The van der Waals surface area contributed by atoms with E-state index in [9.17, 15) is 34.2 Å². The zero-order valence-corrected chi connectivity index (χ0v) is 24.3. The van der Waals surface area contributed by atoms with E-state index in [0.717, 1.165) is 0 Å². The lowest BCUT2D eigenvalue weighted by molar-refractivity contribution is -0.140. The maximum absolute atomic E-state index is 11.6. The highest BCUT2D eigenvalue weighted by atomic mass is 16.6. The Morgan fingerprint density at radius 3 is 1.52 bits per heavy atom. The van der Waals surface area contributed by atoms with Crippen LogP contribution in [-0.4, -0.2) is 74.1 Å². The number of ether oxygens (including phenoxy) is 2. The summed E-state index contributed by atoms with van der Waals surface area (Å²) < 4.78 is 10.0. The van der Waals surface area contributed by atoms with E-state index in [1.807, 2.05) is 0 Å². The number of alkyl carbamates (subject to hydrolysis) is 2. The molecule has 2 rings (SSSR count). The number of aromatic hydroxyl groups is 2. The number of amides is 2. The largest absolute Gasteiger partial charge is 0.508 e. The van der Waals surface area contributed by atoms with Gasteiger partial charge in [0.15, 0.2) is 6.29 Å². The molecule has 0 spiro atoms. The lowest BCUT2D eigenvalue weighted by Crippen LogP contribution is -2.44. The van der Waals surface area contributed by atoms with Crippen molar-refractivity contribution in [3.63, 3.8) is 0 Å². The first-order valence-electron chi connectivity index (χ1n) is 12.8. The van der Waals surface area contributed by atoms with Crippen molar-refractivity contribution < 1.29 is 53.9 Å². The molecule has 2 aromatic carbocycles. The quantitative estimate of drug-likeness (QED) is 0.232. The zero-order valence-electron chi connectivity index (χ0n) is 24.3. The third-order valence-corrected chi connectivity index (χ3v) is 5.01. The van der Waals surface area contributed by atoms with Gasteiger partial charge in [0.05, 0.1) is 5.56 Å². The number of rotatable bonds is 9. The number of nitrogens with one attached hydrogen (secondary N) is 2. The number of carboxylic acids is 2. The number of hydrogen-bond donors (Lipinski definition) is 6. The van der Waals surface area contributed by atoms with Gasteiger partial charge in [-0.25, -0.2) is 19.2 Å². The molecule has 0 radical (unpaired) electrons. The van der Waals surface area contributed by atoms with Crippen LogP contribution in [0.1, 0.15) is 63.0 Å². The molecule has 0 unspecified atom stereocenters. The Kier molecular flexibility index (Phi) is 12.8. The van der Waals surface area contributed by atoms with E-state index in [2.05, 4.69) is 10.6 Å². The van der Waals surface area contributed by atoms with E-state index in [4.69, 9.17) is 19.7 Å². The van der Waals surface area contributed by atoms with E-state index in [-0.39, 0.29) is 29.9 Å². The summed E-state index contributed by atoms with van der Waals surface area (Å²) in [5, 5.41) is 41.4. The van der Waals surface area contributed by atoms with Gasteiger partial charge in [0.1, 0.15) is 34.8 Å². The van der Waals surface area contributed by atoms with E-state index in [1.54, 1.807) is 53.7 Å². The summed E-state index contributed by atoms with van der Waals surface area (Å²) in [6, 6.07) is 7.97. The molecule has 0 aliphatic carbocycles. The molecule has 2 amide bonds. The summed E-state index contributed by atoms with van der Waals surface area (Å²) in [6.07, 6.45) is -1.08. The van der Waals surface area contributed by atoms with Crippen LogP contribution in [0.15, 0.2) is 42.5 Å². The van der Waals surface area contributed by atoms with Crippen molar-refractivity contribution in [3.8, 4) is 11.5 Å². The van der Waals surface area contributed by atoms with Crippen molar-refractivity contribution >= 4 is 30.4 Å². The minimum atomic E-state index is -1.23. The number of carbonyl (C=O) groups is 5. The summed E-state index contributed by atoms with van der Waals surface area (Å²) in [5.74, 6) is -2.47. The first-order chi connectivity index (χ1) is 19.3. The average Bonchev–Trinajstić information content (AvgIpc) is 2.83. The predicted molar refractivity (Wildman–Crippen MR) is 151 cm³/mol. The molecule has 6 N–H and O–H groups in total. The highest BCUT2D eigenvalue weighted by Crippen LogP contribution is 2.18. The number of hydrogen-bond acceptors (Lipinski definition) is 9. The summed E-state index contributed by atoms with van der Waals surface area (Å²) in [4.78, 5) is 56.4. The second-order valence-electron chi connectivity index (χ2n) is 11.2. The highest BCUT2D eigenvalue weighted by Gasteiger charge is 2.25. The van der Waals surface area contributed by atoms with Crippen molar-refractivity contribution in [2.45, 2.75) is 77.7 Å². The van der Waals surface area contributed by atoms with Crippen molar-refractivity contribution in [1.29, 1.82) is 0 Å². The lowest BCUT2D eigenvalue weighted by atomic mass is 10.0. The van der Waals surface area contributed by atoms with Crippen LogP contribution in [0.3, 0.4) is 0 Å². The Bertz CT molecular complexity index is 1250. The summed E-state index contributed by atoms with van der Waals surface area (Å²) >= 11 is 0. The van der Waals surface area contributed by atoms with Gasteiger partial charge in [-0.15, -0.1) is 0 Å². The van der Waals surface area contributed by atoms with Crippen LogP contribution in [0.4, 0.5) is 9.59 Å². The van der Waals surface area contributed by atoms with Crippen LogP contribution in [-0.2, 0) is 31.9 Å². The Morgan fingerprint density at radius 2 is 1.14 bits per heavy atom. The molecule has 230 valence electrons. The predicted octanol–water partition coefficient (Wildman–Crippen LogP) is 3.64. The number of benzene rings is 2. The molecule has 0 fully saturated rings. The van der Waals surface area contributed by atoms with Crippen LogP contribution in [0.25, 0.3) is 0 Å². The van der Waals surface area contributed by atoms with E-state index < -0.39 is 47.4 Å². The Balaban J connectivity index is 0.000000422. The van der Waals surface area contributed by atoms with Gasteiger partial charge in [-0.05, 0) is 76.9 Å². The smallest absolute Gasteiger partial charge is 0.408 e. The van der Waals surface area contributed by atoms with Crippen molar-refractivity contribution in [2.24, 2.45) is 0 Å². The third kappa shape index (κ3) is 14.0. The molecular formula is C29H38N2O11. The number of phenols is 2. The molecule has 13 nitrogen and oxygen atoms in total. The van der Waals surface area contributed by atoms with E-state index >= 15 is 0 Å². The van der Waals surface area contributed by atoms with Gasteiger partial charge in [0.2, 0.25) is 0 Å². The normalized spacial score (nSPS) is 12.4. The third-order valence-electron chi connectivity index (χ3n) is 5.01. The topological polar surface area (TPSA) is 209 Å². The fraction of sp³-hybridized carbons (Fsp3) is 0.414. The van der Waals surface area contributed by atoms with Crippen LogP contribution in [0.2, 0.25) is 0 Å². The van der Waals surface area contributed by atoms with Crippen LogP contribution in [0.5, 0.6) is 11.5 Å². The van der Waals surface area contributed by atoms with Gasteiger partial charge in [0.25, 0.3) is 0 Å². The maximum atomic E-state index is 11.6. The molecule has 0 aliphatic rings. The maximum Gasteiger partial charge on any atom is 0.408 e. The Morgan fingerprint density at radius 1 is 0.738 bits per heavy atom. The van der Waals surface area contributed by atoms with Gasteiger partial charge in [-0.1, -0.05) is 18.2 Å². The fourth-order valence-corrected chi connectivity index (χ4v) is 3.23. The highest BCUT2D eigenvalue weighted by molar-refractivity contribution is 5.82. The van der Waals surface area contributed by atoms with Gasteiger partial charge >= 0.3 is 24.1 Å². The Labute approximate surface area is 243 Å². The molecule has 0 saturated carbocycles. The SMILES string of the molecule is CC(C)(C)OC(=O)N[C@@H](Cc1ccc(O)c(C=O)c1)C(=O)O.CC(C)(C)OC(=O)N[C@@H](Cc1ccc(O)cc1)C(=O)O. The number of carboxylic acid groups (broad SMARTS) is 2. The van der Waals surface area contributed by atoms with Crippen LogP contribution >= 0.6 is 0 Å². The number of phenolic OH excluding ortho intramolecular Hbond substituents is 2. The Hall–Kier alpha value is -4.81. The monoisotopic (exact) mass is 590 g/mol. The standard InChI is InChI=1S/C15H19NO6.C14H19NO5/c1-15(2,3)22-14(21)16-11(13(19)20)7-9-4-5-12(18)10(6-9)8-17;1-14(2,3)20-13(19)15-11(12(17)18)8-9-4-6-10(16)7-5-9/h4-6,8,11,18H,7H2,1-3H3,(H,16,21)(H,19,20);4-7,11,16H,8H2,1-3H3,(H,15,19)(H,17,18)/t2*11-/m00/s1.